The lowest BCUT2D eigenvalue weighted by Gasteiger charge is -2.36. The monoisotopic (exact) mass is 367 g/mol. The van der Waals surface area contributed by atoms with Gasteiger partial charge in [-0.05, 0) is 35.6 Å². The molecule has 0 saturated heterocycles. The number of hydrogen-bond donors (Lipinski definition) is 0. The lowest BCUT2D eigenvalue weighted by atomic mass is 9.62. The molecular formula is C20H17NO4S. The summed E-state index contributed by atoms with van der Waals surface area (Å²) in [6.07, 6.45) is 1.81. The van der Waals surface area contributed by atoms with E-state index in [0.29, 0.717) is 11.3 Å². The summed E-state index contributed by atoms with van der Waals surface area (Å²) in [7, 11) is 2.93. The van der Waals surface area contributed by atoms with Crippen LogP contribution < -0.4 is 4.90 Å². The Kier molecular flexibility index (Phi) is 3.80. The highest BCUT2D eigenvalue weighted by molar-refractivity contribution is 7.11. The van der Waals surface area contributed by atoms with Gasteiger partial charge in [-0.1, -0.05) is 24.3 Å². The van der Waals surface area contributed by atoms with Crippen molar-refractivity contribution >= 4 is 40.3 Å². The Labute approximate surface area is 154 Å². The maximum absolute atomic E-state index is 13.3. The number of hydrogen-bond acceptors (Lipinski definition) is 5. The van der Waals surface area contributed by atoms with Crippen LogP contribution in [0.2, 0.25) is 0 Å². The molecule has 2 atom stereocenters. The first-order valence-corrected chi connectivity index (χ1v) is 9.14. The van der Waals surface area contributed by atoms with Gasteiger partial charge in [0, 0.05) is 23.2 Å². The van der Waals surface area contributed by atoms with Gasteiger partial charge in [0.25, 0.3) is 0 Å². The number of allylic oxidation sites excluding steroid dienone is 2. The van der Waals surface area contributed by atoms with Crippen LogP contribution in [0.5, 0.6) is 0 Å². The number of likely N-dealkylation sites (N-methyl/N-ethyl adjacent to an activating group) is 1. The Hall–Kier alpha value is -2.73. The average Bonchev–Trinajstić information content (AvgIpc) is 3.26. The van der Waals surface area contributed by atoms with Crippen LogP contribution in [0, 0.1) is 5.92 Å². The fourth-order valence-corrected chi connectivity index (χ4v) is 4.83. The highest BCUT2D eigenvalue weighted by atomic mass is 32.1. The number of anilines is 1. The van der Waals surface area contributed by atoms with E-state index in [1.807, 2.05) is 23.6 Å². The molecule has 2 heterocycles. The number of fused-ring (bicyclic) bond motifs is 2. The Balaban J connectivity index is 1.96. The molecule has 1 aliphatic carbocycles. The molecule has 5 nitrogen and oxygen atoms in total. The molecule has 1 aliphatic heterocycles. The largest absolute Gasteiger partial charge is 0.469 e. The van der Waals surface area contributed by atoms with E-state index in [1.54, 1.807) is 25.2 Å². The molecule has 1 aromatic heterocycles. The summed E-state index contributed by atoms with van der Waals surface area (Å²) in [5.41, 5.74) is 0.465. The third-order valence-electron chi connectivity index (χ3n) is 5.30. The van der Waals surface area contributed by atoms with Crippen LogP contribution in [0.4, 0.5) is 5.69 Å². The molecule has 1 spiro atoms. The van der Waals surface area contributed by atoms with Gasteiger partial charge in [-0.2, -0.15) is 0 Å². The zero-order chi connectivity index (χ0) is 18.5. The van der Waals surface area contributed by atoms with Crippen molar-refractivity contribution in [2.24, 2.45) is 5.92 Å². The molecule has 0 saturated carbocycles. The third-order valence-corrected chi connectivity index (χ3v) is 6.24. The normalized spacial score (nSPS) is 24.6. The van der Waals surface area contributed by atoms with Gasteiger partial charge in [-0.15, -0.1) is 11.3 Å². The summed E-state index contributed by atoms with van der Waals surface area (Å²) in [6.45, 7) is 0. The second-order valence-electron chi connectivity index (χ2n) is 6.48. The zero-order valence-electron chi connectivity index (χ0n) is 14.4. The number of amides is 1. The van der Waals surface area contributed by atoms with Gasteiger partial charge >= 0.3 is 5.97 Å². The highest BCUT2D eigenvalue weighted by Gasteiger charge is 2.63. The van der Waals surface area contributed by atoms with Gasteiger partial charge in [0.1, 0.15) is 0 Å². The molecular weight excluding hydrogens is 350 g/mol. The third kappa shape index (κ3) is 2.05. The van der Waals surface area contributed by atoms with E-state index in [2.05, 4.69) is 0 Å². The molecule has 0 N–H and O–H groups in total. The van der Waals surface area contributed by atoms with Crippen molar-refractivity contribution in [2.45, 2.75) is 11.8 Å². The average molecular weight is 367 g/mol. The van der Waals surface area contributed by atoms with Crippen molar-refractivity contribution in [1.29, 1.82) is 0 Å². The van der Waals surface area contributed by atoms with Gasteiger partial charge in [0.05, 0.1) is 13.0 Å². The number of nitrogens with zero attached hydrogens (tertiary/aromatic N) is 1. The Bertz CT molecular complexity index is 946. The molecule has 4 rings (SSSR count). The molecule has 0 bridgehead atoms. The minimum absolute atomic E-state index is 0.285. The second kappa shape index (κ2) is 5.92. The molecule has 132 valence electrons. The number of para-hydroxylation sites is 1. The van der Waals surface area contributed by atoms with Crippen LogP contribution in [0.1, 0.15) is 16.9 Å². The van der Waals surface area contributed by atoms with E-state index in [4.69, 9.17) is 4.74 Å². The van der Waals surface area contributed by atoms with Gasteiger partial charge in [-0.25, -0.2) is 0 Å². The molecule has 6 heteroatoms. The number of methoxy groups -OCH3 is 1. The van der Waals surface area contributed by atoms with Crippen LogP contribution in [-0.2, 0) is 24.5 Å². The number of ether oxygens (including phenoxy) is 1. The first kappa shape index (κ1) is 16.7. The molecule has 0 radical (unpaired) electrons. The summed E-state index contributed by atoms with van der Waals surface area (Å²) in [4.78, 5) is 41.7. The topological polar surface area (TPSA) is 63.7 Å². The lowest BCUT2D eigenvalue weighted by Crippen LogP contribution is -2.54. The van der Waals surface area contributed by atoms with Crippen molar-refractivity contribution in [3.63, 3.8) is 0 Å². The number of rotatable bonds is 2. The lowest BCUT2D eigenvalue weighted by molar-refractivity contribution is -0.154. The number of ketones is 1. The number of carbonyl (C=O) groups excluding carboxylic acids is 3. The van der Waals surface area contributed by atoms with Crippen molar-refractivity contribution in [2.75, 3.05) is 19.1 Å². The van der Waals surface area contributed by atoms with E-state index in [-0.39, 0.29) is 18.1 Å². The Morgan fingerprint density at radius 1 is 1.23 bits per heavy atom. The number of benzene rings is 1. The molecule has 2 aliphatic rings. The molecule has 1 amide bonds. The van der Waals surface area contributed by atoms with Crippen LogP contribution in [0.25, 0.3) is 5.57 Å². The van der Waals surface area contributed by atoms with Gasteiger partial charge in [0.2, 0.25) is 5.91 Å². The second-order valence-corrected chi connectivity index (χ2v) is 7.43. The highest BCUT2D eigenvalue weighted by Crippen LogP contribution is 2.52. The van der Waals surface area contributed by atoms with Crippen LogP contribution in [0.3, 0.4) is 0 Å². The van der Waals surface area contributed by atoms with Crippen molar-refractivity contribution in [3.8, 4) is 0 Å². The summed E-state index contributed by atoms with van der Waals surface area (Å²) in [5.74, 6) is -2.16. The van der Waals surface area contributed by atoms with Gasteiger partial charge in [-0.3, -0.25) is 14.4 Å². The number of carbonyl (C=O) groups is 3. The summed E-state index contributed by atoms with van der Waals surface area (Å²) in [5, 5.41) is 1.92. The standard InChI is InChI=1S/C20H17NO4S/c1-21-15-7-4-3-6-13(15)20(19(21)24)14(18(23)25-2)10-12(11-17(20)22)16-8-5-9-26-16/h3-9,11,14H,10H2,1-2H3/t14-,20-/m0/s1. The van der Waals surface area contributed by atoms with Crippen molar-refractivity contribution in [1.82, 2.24) is 0 Å². The van der Waals surface area contributed by atoms with Crippen LogP contribution in [0.15, 0.2) is 47.9 Å². The fraction of sp³-hybridized carbons (Fsp3) is 0.250. The summed E-state index contributed by atoms with van der Waals surface area (Å²) >= 11 is 1.50. The molecule has 0 fully saturated rings. The molecule has 1 aromatic carbocycles. The van der Waals surface area contributed by atoms with Crippen LogP contribution in [-0.4, -0.2) is 31.8 Å². The predicted molar refractivity (Wildman–Crippen MR) is 99.0 cm³/mol. The van der Waals surface area contributed by atoms with E-state index in [0.717, 1.165) is 10.5 Å². The minimum atomic E-state index is -1.54. The van der Waals surface area contributed by atoms with Crippen molar-refractivity contribution in [3.05, 3.63) is 58.3 Å². The molecule has 0 unspecified atom stereocenters. The number of thiophene rings is 1. The van der Waals surface area contributed by atoms with Gasteiger partial charge < -0.3 is 9.64 Å². The maximum Gasteiger partial charge on any atom is 0.310 e. The fourth-order valence-electron chi connectivity index (χ4n) is 4.07. The number of esters is 1. The molecule has 26 heavy (non-hydrogen) atoms. The maximum atomic E-state index is 13.3. The first-order valence-electron chi connectivity index (χ1n) is 8.26. The van der Waals surface area contributed by atoms with E-state index in [1.165, 1.54) is 29.4 Å². The predicted octanol–water partition coefficient (Wildman–Crippen LogP) is 2.81. The van der Waals surface area contributed by atoms with E-state index in [9.17, 15) is 14.4 Å². The van der Waals surface area contributed by atoms with Gasteiger partial charge in [0.15, 0.2) is 11.2 Å². The SMILES string of the molecule is COC(=O)[C@@H]1CC(c2cccs2)=CC(=O)[C@@]12C(=O)N(C)c1ccccc12. The van der Waals surface area contributed by atoms with Crippen molar-refractivity contribution < 1.29 is 19.1 Å². The smallest absolute Gasteiger partial charge is 0.310 e. The molecule has 2 aromatic rings. The van der Waals surface area contributed by atoms with E-state index < -0.39 is 17.3 Å². The van der Waals surface area contributed by atoms with Crippen LogP contribution >= 0.6 is 11.3 Å². The Morgan fingerprint density at radius 3 is 2.69 bits per heavy atom. The summed E-state index contributed by atoms with van der Waals surface area (Å²) in [6, 6.07) is 11.0. The van der Waals surface area contributed by atoms with E-state index >= 15 is 0 Å². The summed E-state index contributed by atoms with van der Waals surface area (Å²) < 4.78 is 5.00. The first-order chi connectivity index (χ1) is 12.5. The minimum Gasteiger partial charge on any atom is -0.469 e. The zero-order valence-corrected chi connectivity index (χ0v) is 15.2. The quantitative estimate of drug-likeness (QED) is 0.605. The Morgan fingerprint density at radius 2 is 2.00 bits per heavy atom.